The van der Waals surface area contributed by atoms with Crippen LogP contribution in [0.4, 0.5) is 0 Å². The summed E-state index contributed by atoms with van der Waals surface area (Å²) >= 11 is 3.30. The lowest BCUT2D eigenvalue weighted by Crippen LogP contribution is -1.90. The van der Waals surface area contributed by atoms with Gasteiger partial charge in [0, 0.05) is 24.2 Å². The van der Waals surface area contributed by atoms with Crippen LogP contribution in [-0.4, -0.2) is 24.9 Å². The molecule has 27 heavy (non-hydrogen) atoms. The van der Waals surface area contributed by atoms with Crippen LogP contribution >= 0.6 is 22.7 Å². The number of hydrogen-bond acceptors (Lipinski definition) is 7. The molecule has 0 N–H and O–H groups in total. The van der Waals surface area contributed by atoms with Gasteiger partial charge < -0.3 is 0 Å². The first-order valence-electron chi connectivity index (χ1n) is 8.32. The van der Waals surface area contributed by atoms with E-state index < -0.39 is 0 Å². The summed E-state index contributed by atoms with van der Waals surface area (Å²) in [5.41, 5.74) is 4.58. The molecule has 130 valence electrons. The summed E-state index contributed by atoms with van der Waals surface area (Å²) in [6, 6.07) is 10.2. The molecule has 0 aliphatic carbocycles. The fourth-order valence-corrected chi connectivity index (χ4v) is 4.81. The average Bonchev–Trinajstić information content (AvgIpc) is 3.35. The Bertz CT molecular complexity index is 1230. The molecule has 0 unspecified atom stereocenters. The first-order valence-corrected chi connectivity index (χ1v) is 10.0. The van der Waals surface area contributed by atoms with Crippen molar-refractivity contribution >= 4 is 32.8 Å². The lowest BCUT2D eigenvalue weighted by molar-refractivity contribution is 1.16. The molecule has 0 aliphatic rings. The van der Waals surface area contributed by atoms with Crippen LogP contribution in [0.1, 0.15) is 5.69 Å². The highest BCUT2D eigenvalue weighted by atomic mass is 32.1. The quantitative estimate of drug-likeness (QED) is 0.423. The molecule has 5 rings (SSSR count). The number of aromatic nitrogens is 5. The van der Waals surface area contributed by atoms with Crippen molar-refractivity contribution in [1.29, 1.82) is 0 Å². The first kappa shape index (κ1) is 16.2. The molecular weight excluding hydrogens is 374 g/mol. The van der Waals surface area contributed by atoms with E-state index >= 15 is 0 Å². The van der Waals surface area contributed by atoms with Gasteiger partial charge >= 0.3 is 0 Å². The van der Waals surface area contributed by atoms with Crippen LogP contribution < -0.4 is 0 Å². The first-order chi connectivity index (χ1) is 13.3. The third kappa shape index (κ3) is 2.90. The fourth-order valence-electron chi connectivity index (χ4n) is 2.94. The number of rotatable bonds is 3. The third-order valence-corrected chi connectivity index (χ3v) is 6.35. The highest BCUT2D eigenvalue weighted by Gasteiger charge is 2.17. The van der Waals surface area contributed by atoms with Crippen molar-refractivity contribution in [3.05, 3.63) is 66.3 Å². The molecule has 5 aromatic rings. The maximum Gasteiger partial charge on any atom is 0.127 e. The predicted molar refractivity (Wildman–Crippen MR) is 110 cm³/mol. The zero-order chi connectivity index (χ0) is 18.2. The molecule has 5 heterocycles. The van der Waals surface area contributed by atoms with Gasteiger partial charge in [-0.15, -0.1) is 22.7 Å². The van der Waals surface area contributed by atoms with Crippen LogP contribution in [0.5, 0.6) is 0 Å². The zero-order valence-electron chi connectivity index (χ0n) is 14.3. The van der Waals surface area contributed by atoms with Crippen LogP contribution in [0.25, 0.3) is 42.6 Å². The van der Waals surface area contributed by atoms with Crippen molar-refractivity contribution in [1.82, 2.24) is 24.9 Å². The molecule has 0 spiro atoms. The maximum atomic E-state index is 4.97. The monoisotopic (exact) mass is 387 g/mol. The van der Waals surface area contributed by atoms with Gasteiger partial charge in [-0.1, -0.05) is 6.07 Å². The van der Waals surface area contributed by atoms with E-state index in [1.165, 1.54) is 11.7 Å². The van der Waals surface area contributed by atoms with Crippen LogP contribution in [0.15, 0.2) is 60.6 Å². The van der Waals surface area contributed by atoms with Crippen molar-refractivity contribution in [3.63, 3.8) is 0 Å². The lowest BCUT2D eigenvalue weighted by atomic mass is 10.1. The molecule has 5 nitrogen and oxygen atoms in total. The summed E-state index contributed by atoms with van der Waals surface area (Å²) in [6.45, 7) is 2.01. The molecule has 0 bridgehead atoms. The molecule has 0 radical (unpaired) electrons. The number of nitrogens with zero attached hydrogens (tertiary/aromatic N) is 5. The molecule has 0 saturated carbocycles. The van der Waals surface area contributed by atoms with E-state index in [0.717, 1.165) is 42.9 Å². The number of pyridine rings is 2. The minimum atomic E-state index is 0.880. The van der Waals surface area contributed by atoms with Crippen LogP contribution in [0.3, 0.4) is 0 Å². The normalized spacial score (nSPS) is 11.1. The number of aryl methyl sites for hydroxylation is 1. The molecule has 0 saturated heterocycles. The van der Waals surface area contributed by atoms with Crippen molar-refractivity contribution < 1.29 is 0 Å². The average molecular weight is 387 g/mol. The van der Waals surface area contributed by atoms with E-state index in [0.29, 0.717) is 0 Å². The van der Waals surface area contributed by atoms with Gasteiger partial charge in [0.2, 0.25) is 0 Å². The minimum absolute atomic E-state index is 0.880. The van der Waals surface area contributed by atoms with Gasteiger partial charge in [-0.05, 0) is 42.0 Å². The number of hydrogen-bond donors (Lipinski definition) is 0. The fraction of sp³-hybridized carbons (Fsp3) is 0.0500. The maximum absolute atomic E-state index is 4.97. The van der Waals surface area contributed by atoms with Crippen molar-refractivity contribution in [2.45, 2.75) is 6.92 Å². The Morgan fingerprint density at radius 2 is 1.85 bits per heavy atom. The third-order valence-electron chi connectivity index (χ3n) is 4.18. The molecule has 0 atom stereocenters. The SMILES string of the molecule is Cc1nc(-c2cncnc2)sc1-c1cc2ccsc2c(-c2ccccn2)n1. The summed E-state index contributed by atoms with van der Waals surface area (Å²) < 4.78 is 1.15. The van der Waals surface area contributed by atoms with E-state index in [1.807, 2.05) is 25.1 Å². The Balaban J connectivity index is 1.69. The van der Waals surface area contributed by atoms with E-state index in [9.17, 15) is 0 Å². The highest BCUT2D eigenvalue weighted by Crippen LogP contribution is 2.38. The van der Waals surface area contributed by atoms with E-state index in [2.05, 4.69) is 32.5 Å². The summed E-state index contributed by atoms with van der Waals surface area (Å²) in [5.74, 6) is 0. The van der Waals surface area contributed by atoms with Crippen molar-refractivity contribution in [2.75, 3.05) is 0 Å². The summed E-state index contributed by atoms with van der Waals surface area (Å²) in [6.07, 6.45) is 6.89. The largest absolute Gasteiger partial charge is 0.255 e. The van der Waals surface area contributed by atoms with Crippen LogP contribution in [0, 0.1) is 6.92 Å². The van der Waals surface area contributed by atoms with Crippen molar-refractivity contribution in [2.24, 2.45) is 0 Å². The molecule has 0 aliphatic heterocycles. The number of thiazole rings is 1. The van der Waals surface area contributed by atoms with Gasteiger partial charge in [0.15, 0.2) is 0 Å². The van der Waals surface area contributed by atoms with Gasteiger partial charge in [0.05, 0.1) is 26.7 Å². The molecule has 0 aromatic carbocycles. The second kappa shape index (κ2) is 6.61. The predicted octanol–water partition coefficient (Wildman–Crippen LogP) is 5.25. The van der Waals surface area contributed by atoms with Crippen molar-refractivity contribution in [3.8, 4) is 32.5 Å². The van der Waals surface area contributed by atoms with E-state index in [-0.39, 0.29) is 0 Å². The van der Waals surface area contributed by atoms with E-state index in [4.69, 9.17) is 9.97 Å². The zero-order valence-corrected chi connectivity index (χ0v) is 16.0. The molecule has 0 amide bonds. The summed E-state index contributed by atoms with van der Waals surface area (Å²) in [5, 5.41) is 4.16. The Morgan fingerprint density at radius 3 is 2.67 bits per heavy atom. The number of fused-ring (bicyclic) bond motifs is 1. The topological polar surface area (TPSA) is 64.5 Å². The van der Waals surface area contributed by atoms with Crippen LogP contribution in [0.2, 0.25) is 0 Å². The second-order valence-corrected chi connectivity index (χ2v) is 7.89. The standard InChI is InChI=1S/C20H13N5S2/c1-12-18(27-20(24-12)14-9-21-11-22-10-14)16-8-13-5-7-26-19(13)17(25-16)15-4-2-3-6-23-15/h2-11H,1H3. The molecular formula is C20H13N5S2. The molecule has 0 fully saturated rings. The Labute approximate surface area is 163 Å². The minimum Gasteiger partial charge on any atom is -0.255 e. The summed E-state index contributed by atoms with van der Waals surface area (Å²) in [4.78, 5) is 23.4. The second-order valence-electron chi connectivity index (χ2n) is 5.97. The Kier molecular flexibility index (Phi) is 3.95. The Hall–Kier alpha value is -3.03. The van der Waals surface area contributed by atoms with Gasteiger partial charge in [-0.2, -0.15) is 0 Å². The summed E-state index contributed by atoms with van der Waals surface area (Å²) in [7, 11) is 0. The smallest absolute Gasteiger partial charge is 0.127 e. The van der Waals surface area contributed by atoms with Gasteiger partial charge in [0.1, 0.15) is 17.0 Å². The Morgan fingerprint density at radius 1 is 0.963 bits per heavy atom. The van der Waals surface area contributed by atoms with Gasteiger partial charge in [-0.3, -0.25) is 4.98 Å². The van der Waals surface area contributed by atoms with Gasteiger partial charge in [-0.25, -0.2) is 19.9 Å². The van der Waals surface area contributed by atoms with E-state index in [1.54, 1.807) is 41.3 Å². The molecule has 5 aromatic heterocycles. The lowest BCUT2D eigenvalue weighted by Gasteiger charge is -2.05. The van der Waals surface area contributed by atoms with Crippen LogP contribution in [-0.2, 0) is 0 Å². The van der Waals surface area contributed by atoms with Gasteiger partial charge in [0.25, 0.3) is 0 Å². The number of thiophene rings is 1. The molecule has 7 heteroatoms. The highest BCUT2D eigenvalue weighted by molar-refractivity contribution is 7.18.